The topological polar surface area (TPSA) is 34.1 Å². The second kappa shape index (κ2) is 6.40. The van der Waals surface area contributed by atoms with Crippen LogP contribution in [0.1, 0.15) is 31.0 Å². The molecule has 0 unspecified atom stereocenters. The normalized spacial score (nSPS) is 10.3. The summed E-state index contributed by atoms with van der Waals surface area (Å²) in [6.07, 6.45) is 2.23. The molecule has 0 aromatic carbocycles. The molecule has 1 aromatic rings. The summed E-state index contributed by atoms with van der Waals surface area (Å²) in [6, 6.07) is 4.01. The second-order valence-corrected chi connectivity index (χ2v) is 3.63. The number of pyridine rings is 1. The fourth-order valence-corrected chi connectivity index (χ4v) is 1.35. The van der Waals surface area contributed by atoms with E-state index in [1.54, 1.807) is 0 Å². The first-order chi connectivity index (χ1) is 7.27. The molecule has 0 aliphatic heterocycles. The predicted molar refractivity (Wildman–Crippen MR) is 62.1 cm³/mol. The molecular formula is C12H20N2O. The average Bonchev–Trinajstić information content (AvgIpc) is 2.23. The molecule has 0 spiro atoms. The van der Waals surface area contributed by atoms with Gasteiger partial charge in [0.2, 0.25) is 5.88 Å². The average molecular weight is 208 g/mol. The van der Waals surface area contributed by atoms with E-state index in [0.717, 1.165) is 37.6 Å². The molecule has 0 fully saturated rings. The molecule has 1 rings (SSSR count). The van der Waals surface area contributed by atoms with Crippen molar-refractivity contribution < 1.29 is 4.74 Å². The Labute approximate surface area is 91.9 Å². The van der Waals surface area contributed by atoms with E-state index in [9.17, 15) is 0 Å². The van der Waals surface area contributed by atoms with Gasteiger partial charge in [-0.25, -0.2) is 4.98 Å². The number of nitrogens with one attached hydrogen (secondary N) is 1. The number of aromatic nitrogens is 1. The molecular weight excluding hydrogens is 188 g/mol. The summed E-state index contributed by atoms with van der Waals surface area (Å²) in [5.74, 6) is 0.737. The Hall–Kier alpha value is -1.09. The molecule has 15 heavy (non-hydrogen) atoms. The van der Waals surface area contributed by atoms with Crippen molar-refractivity contribution in [1.82, 2.24) is 10.3 Å². The standard InChI is InChI=1S/C12H20N2O/c1-4-5-8-15-12-7-6-11(9-13-3)10(2)14-12/h6-7,13H,4-5,8-9H2,1-3H3. The van der Waals surface area contributed by atoms with Crippen LogP contribution in [0, 0.1) is 6.92 Å². The summed E-state index contributed by atoms with van der Waals surface area (Å²) in [6.45, 7) is 5.78. The van der Waals surface area contributed by atoms with Gasteiger partial charge in [-0.05, 0) is 26.0 Å². The van der Waals surface area contributed by atoms with Crippen molar-refractivity contribution in [1.29, 1.82) is 0 Å². The summed E-state index contributed by atoms with van der Waals surface area (Å²) < 4.78 is 5.53. The van der Waals surface area contributed by atoms with Crippen LogP contribution in [0.5, 0.6) is 5.88 Å². The summed E-state index contributed by atoms with van der Waals surface area (Å²) in [4.78, 5) is 4.40. The second-order valence-electron chi connectivity index (χ2n) is 3.63. The van der Waals surface area contributed by atoms with Gasteiger partial charge in [-0.15, -0.1) is 0 Å². The van der Waals surface area contributed by atoms with Gasteiger partial charge in [-0.2, -0.15) is 0 Å². The third kappa shape index (κ3) is 3.88. The molecule has 0 saturated heterocycles. The van der Waals surface area contributed by atoms with Crippen molar-refractivity contribution in [2.24, 2.45) is 0 Å². The van der Waals surface area contributed by atoms with E-state index in [2.05, 4.69) is 23.3 Å². The van der Waals surface area contributed by atoms with Crippen LogP contribution < -0.4 is 10.1 Å². The molecule has 3 nitrogen and oxygen atoms in total. The van der Waals surface area contributed by atoms with Gasteiger partial charge < -0.3 is 10.1 Å². The number of ether oxygens (including phenoxy) is 1. The molecule has 0 aliphatic rings. The summed E-state index contributed by atoms with van der Waals surface area (Å²) >= 11 is 0. The van der Waals surface area contributed by atoms with Crippen LogP contribution in [0.15, 0.2) is 12.1 Å². The van der Waals surface area contributed by atoms with Crippen molar-refractivity contribution in [2.75, 3.05) is 13.7 Å². The van der Waals surface area contributed by atoms with Crippen molar-refractivity contribution in [3.05, 3.63) is 23.4 Å². The maximum Gasteiger partial charge on any atom is 0.213 e. The minimum absolute atomic E-state index is 0.737. The van der Waals surface area contributed by atoms with E-state index in [1.165, 1.54) is 5.56 Å². The van der Waals surface area contributed by atoms with Crippen LogP contribution in [-0.2, 0) is 6.54 Å². The molecule has 0 atom stereocenters. The lowest BCUT2D eigenvalue weighted by atomic mass is 10.2. The molecule has 0 bridgehead atoms. The van der Waals surface area contributed by atoms with Gasteiger partial charge in [-0.1, -0.05) is 19.4 Å². The Morgan fingerprint density at radius 2 is 2.20 bits per heavy atom. The Bertz CT molecular complexity index is 300. The van der Waals surface area contributed by atoms with E-state index in [4.69, 9.17) is 4.74 Å². The predicted octanol–water partition coefficient (Wildman–Crippen LogP) is 2.29. The lowest BCUT2D eigenvalue weighted by Gasteiger charge is -2.08. The van der Waals surface area contributed by atoms with Crippen LogP contribution in [-0.4, -0.2) is 18.6 Å². The van der Waals surface area contributed by atoms with E-state index in [0.29, 0.717) is 0 Å². The third-order valence-corrected chi connectivity index (χ3v) is 2.28. The Balaban J connectivity index is 2.56. The maximum atomic E-state index is 5.53. The van der Waals surface area contributed by atoms with Gasteiger partial charge in [0.1, 0.15) is 0 Å². The Kier molecular flexibility index (Phi) is 5.12. The monoisotopic (exact) mass is 208 g/mol. The van der Waals surface area contributed by atoms with E-state index >= 15 is 0 Å². The quantitative estimate of drug-likeness (QED) is 0.728. The smallest absolute Gasteiger partial charge is 0.213 e. The van der Waals surface area contributed by atoms with Crippen molar-refractivity contribution in [2.45, 2.75) is 33.2 Å². The third-order valence-electron chi connectivity index (χ3n) is 2.28. The Morgan fingerprint density at radius 1 is 1.40 bits per heavy atom. The molecule has 0 amide bonds. The van der Waals surface area contributed by atoms with Crippen LogP contribution in [0.25, 0.3) is 0 Å². The fraction of sp³-hybridized carbons (Fsp3) is 0.583. The minimum atomic E-state index is 0.737. The molecule has 0 aliphatic carbocycles. The SMILES string of the molecule is CCCCOc1ccc(CNC)c(C)n1. The molecule has 0 saturated carbocycles. The van der Waals surface area contributed by atoms with E-state index < -0.39 is 0 Å². The van der Waals surface area contributed by atoms with Crippen LogP contribution >= 0.6 is 0 Å². The summed E-state index contributed by atoms with van der Waals surface area (Å²) in [5.41, 5.74) is 2.26. The number of aryl methyl sites for hydroxylation is 1. The molecule has 1 aromatic heterocycles. The first-order valence-corrected chi connectivity index (χ1v) is 5.51. The van der Waals surface area contributed by atoms with Crippen LogP contribution in [0.2, 0.25) is 0 Å². The summed E-state index contributed by atoms with van der Waals surface area (Å²) in [7, 11) is 1.94. The van der Waals surface area contributed by atoms with Gasteiger partial charge in [0.05, 0.1) is 6.61 Å². The van der Waals surface area contributed by atoms with Gasteiger partial charge in [0.15, 0.2) is 0 Å². The number of rotatable bonds is 6. The van der Waals surface area contributed by atoms with E-state index in [-0.39, 0.29) is 0 Å². The zero-order valence-electron chi connectivity index (χ0n) is 9.84. The molecule has 3 heteroatoms. The van der Waals surface area contributed by atoms with Crippen molar-refractivity contribution in [3.63, 3.8) is 0 Å². The van der Waals surface area contributed by atoms with Gasteiger partial charge in [0.25, 0.3) is 0 Å². The maximum absolute atomic E-state index is 5.53. The molecule has 1 heterocycles. The van der Waals surface area contributed by atoms with E-state index in [1.807, 2.05) is 20.0 Å². The lowest BCUT2D eigenvalue weighted by Crippen LogP contribution is -2.08. The van der Waals surface area contributed by atoms with Crippen LogP contribution in [0.4, 0.5) is 0 Å². The van der Waals surface area contributed by atoms with Crippen LogP contribution in [0.3, 0.4) is 0 Å². The number of hydrogen-bond acceptors (Lipinski definition) is 3. The molecule has 1 N–H and O–H groups in total. The van der Waals surface area contributed by atoms with Gasteiger partial charge in [0, 0.05) is 18.3 Å². The van der Waals surface area contributed by atoms with Gasteiger partial charge >= 0.3 is 0 Å². The largest absolute Gasteiger partial charge is 0.478 e. The number of unbranched alkanes of at least 4 members (excludes halogenated alkanes) is 1. The highest BCUT2D eigenvalue weighted by Gasteiger charge is 2.01. The number of nitrogens with zero attached hydrogens (tertiary/aromatic N) is 1. The zero-order chi connectivity index (χ0) is 11.1. The van der Waals surface area contributed by atoms with Gasteiger partial charge in [-0.3, -0.25) is 0 Å². The number of hydrogen-bond donors (Lipinski definition) is 1. The Morgan fingerprint density at radius 3 is 2.80 bits per heavy atom. The molecule has 0 radical (unpaired) electrons. The zero-order valence-corrected chi connectivity index (χ0v) is 9.84. The minimum Gasteiger partial charge on any atom is -0.478 e. The van der Waals surface area contributed by atoms with Crippen molar-refractivity contribution >= 4 is 0 Å². The first-order valence-electron chi connectivity index (χ1n) is 5.51. The highest BCUT2D eigenvalue weighted by Crippen LogP contribution is 2.12. The lowest BCUT2D eigenvalue weighted by molar-refractivity contribution is 0.297. The first kappa shape index (κ1) is 12.0. The highest BCUT2D eigenvalue weighted by atomic mass is 16.5. The summed E-state index contributed by atoms with van der Waals surface area (Å²) in [5, 5.41) is 3.12. The highest BCUT2D eigenvalue weighted by molar-refractivity contribution is 5.24. The fourth-order valence-electron chi connectivity index (χ4n) is 1.35. The molecule has 84 valence electrons. The van der Waals surface area contributed by atoms with Crippen molar-refractivity contribution in [3.8, 4) is 5.88 Å².